The van der Waals surface area contributed by atoms with Crippen LogP contribution in [0, 0.1) is 0 Å². The van der Waals surface area contributed by atoms with Gasteiger partial charge in [-0.3, -0.25) is 4.79 Å². The van der Waals surface area contributed by atoms with Gasteiger partial charge in [0.05, 0.1) is 23.9 Å². The van der Waals surface area contributed by atoms with Crippen LogP contribution in [0.25, 0.3) is 0 Å². The summed E-state index contributed by atoms with van der Waals surface area (Å²) in [7, 11) is 0. The zero-order chi connectivity index (χ0) is 13.6. The predicted molar refractivity (Wildman–Crippen MR) is 76.4 cm³/mol. The van der Waals surface area contributed by atoms with Crippen molar-refractivity contribution in [1.82, 2.24) is 5.32 Å². The van der Waals surface area contributed by atoms with E-state index in [1.54, 1.807) is 24.3 Å². The van der Waals surface area contributed by atoms with Gasteiger partial charge in [0.15, 0.2) is 0 Å². The van der Waals surface area contributed by atoms with Gasteiger partial charge in [-0.05, 0) is 12.1 Å². The van der Waals surface area contributed by atoms with Crippen molar-refractivity contribution in [3.8, 4) is 0 Å². The zero-order valence-electron chi connectivity index (χ0n) is 9.87. The number of hydrogen-bond acceptors (Lipinski definition) is 3. The molecule has 0 aromatic heterocycles. The molecule has 0 radical (unpaired) electrons. The second kappa shape index (κ2) is 8.58. The highest BCUT2D eigenvalue weighted by atomic mass is 35.5. The molecule has 0 unspecified atom stereocenters. The number of carbonyl (C=O) groups is 1. The van der Waals surface area contributed by atoms with E-state index in [4.69, 9.17) is 17.3 Å². The molecule has 3 N–H and O–H groups in total. The molecule has 1 aromatic carbocycles. The molecule has 0 spiro atoms. The van der Waals surface area contributed by atoms with Gasteiger partial charge in [-0.15, -0.1) is 24.2 Å². The first-order chi connectivity index (χ1) is 8.44. The van der Waals surface area contributed by atoms with Crippen LogP contribution in [-0.2, 0) is 4.79 Å². The monoisotopic (exact) mass is 330 g/mol. The molecule has 0 saturated carbocycles. The second-order valence-corrected chi connectivity index (χ2v) is 4.98. The maximum atomic E-state index is 12.8. The van der Waals surface area contributed by atoms with Crippen LogP contribution in [0.5, 0.6) is 0 Å². The van der Waals surface area contributed by atoms with Gasteiger partial charge >= 0.3 is 0 Å². The second-order valence-electron chi connectivity index (χ2n) is 3.56. The lowest BCUT2D eigenvalue weighted by Crippen LogP contribution is -2.42. The summed E-state index contributed by atoms with van der Waals surface area (Å²) in [5, 5.41) is 2.66. The van der Waals surface area contributed by atoms with Gasteiger partial charge in [-0.2, -0.15) is 0 Å². The lowest BCUT2D eigenvalue weighted by Gasteiger charge is -2.14. The number of halogens is 4. The first-order valence-corrected chi connectivity index (χ1v) is 6.53. The van der Waals surface area contributed by atoms with Crippen LogP contribution in [-0.4, -0.2) is 30.7 Å². The molecule has 1 rings (SSSR count). The van der Waals surface area contributed by atoms with Crippen molar-refractivity contribution < 1.29 is 13.6 Å². The van der Waals surface area contributed by atoms with E-state index < -0.39 is 24.9 Å². The lowest BCUT2D eigenvalue weighted by atomic mass is 10.3. The number of amides is 1. The molecule has 0 saturated heterocycles. The maximum absolute atomic E-state index is 12.8. The number of hydrogen-bond donors (Lipinski definition) is 2. The number of nitrogens with two attached hydrogens (primary N) is 1. The summed E-state index contributed by atoms with van der Waals surface area (Å²) in [6.07, 6.45) is 0. The Hall–Kier alpha value is -0.560. The van der Waals surface area contributed by atoms with Gasteiger partial charge < -0.3 is 11.1 Å². The standard InChI is InChI=1S/C11H13ClF2N2OS.ClH/c12-8-3-1-2-4-9(8)18-5-10(17)16-7-11(13,14)6-15;/h1-4H,5-7,15H2,(H,16,17);1H. The Kier molecular flexibility index (Phi) is 8.33. The SMILES string of the molecule is Cl.NCC(F)(F)CNC(=O)CSc1ccccc1Cl. The third-order valence-corrected chi connectivity index (χ3v) is 3.55. The summed E-state index contributed by atoms with van der Waals surface area (Å²) in [6, 6.07) is 7.02. The molecule has 108 valence electrons. The van der Waals surface area contributed by atoms with Crippen LogP contribution < -0.4 is 11.1 Å². The van der Waals surface area contributed by atoms with E-state index in [1.807, 2.05) is 0 Å². The molecule has 0 aliphatic rings. The highest BCUT2D eigenvalue weighted by molar-refractivity contribution is 8.00. The minimum Gasteiger partial charge on any atom is -0.349 e. The quantitative estimate of drug-likeness (QED) is 0.788. The normalized spacial score (nSPS) is 10.7. The van der Waals surface area contributed by atoms with E-state index in [0.29, 0.717) is 5.02 Å². The fourth-order valence-corrected chi connectivity index (χ4v) is 2.12. The predicted octanol–water partition coefficient (Wildman–Crippen LogP) is 2.56. The van der Waals surface area contributed by atoms with Crippen molar-refractivity contribution in [2.75, 3.05) is 18.8 Å². The molecule has 3 nitrogen and oxygen atoms in total. The first kappa shape index (κ1) is 18.4. The summed E-state index contributed by atoms with van der Waals surface area (Å²) >= 11 is 7.08. The zero-order valence-corrected chi connectivity index (χ0v) is 12.3. The molecule has 1 aromatic rings. The Morgan fingerprint density at radius 3 is 2.63 bits per heavy atom. The van der Waals surface area contributed by atoms with Crippen molar-refractivity contribution in [2.45, 2.75) is 10.8 Å². The third kappa shape index (κ3) is 6.96. The van der Waals surface area contributed by atoms with Crippen LogP contribution in [0.4, 0.5) is 8.78 Å². The molecule has 0 bridgehead atoms. The number of rotatable bonds is 6. The van der Waals surface area contributed by atoms with Crippen LogP contribution in [0.2, 0.25) is 5.02 Å². The van der Waals surface area contributed by atoms with Crippen molar-refractivity contribution >= 4 is 41.7 Å². The van der Waals surface area contributed by atoms with E-state index in [2.05, 4.69) is 5.32 Å². The van der Waals surface area contributed by atoms with Gasteiger partial charge in [0.2, 0.25) is 5.91 Å². The number of carbonyl (C=O) groups excluding carboxylic acids is 1. The molecular weight excluding hydrogens is 317 g/mol. The van der Waals surface area contributed by atoms with Gasteiger partial charge in [-0.25, -0.2) is 8.78 Å². The molecule has 1 amide bonds. The highest BCUT2D eigenvalue weighted by Crippen LogP contribution is 2.26. The summed E-state index contributed by atoms with van der Waals surface area (Å²) in [6.45, 7) is -1.53. The summed E-state index contributed by atoms with van der Waals surface area (Å²) in [4.78, 5) is 12.1. The van der Waals surface area contributed by atoms with Crippen LogP contribution >= 0.6 is 35.8 Å². The molecule has 0 heterocycles. The molecule has 0 atom stereocenters. The van der Waals surface area contributed by atoms with E-state index in [9.17, 15) is 13.6 Å². The average Bonchev–Trinajstić information content (AvgIpc) is 2.35. The Morgan fingerprint density at radius 1 is 1.42 bits per heavy atom. The molecule has 0 fully saturated rings. The van der Waals surface area contributed by atoms with Crippen molar-refractivity contribution in [3.05, 3.63) is 29.3 Å². The number of alkyl halides is 2. The average molecular weight is 331 g/mol. The van der Waals surface area contributed by atoms with Crippen LogP contribution in [0.1, 0.15) is 0 Å². The Bertz CT molecular complexity index is 421. The summed E-state index contributed by atoms with van der Waals surface area (Å²) < 4.78 is 25.5. The summed E-state index contributed by atoms with van der Waals surface area (Å²) in [5.41, 5.74) is 4.85. The minimum absolute atomic E-state index is 0. The van der Waals surface area contributed by atoms with E-state index in [-0.39, 0.29) is 18.2 Å². The van der Waals surface area contributed by atoms with Crippen LogP contribution in [0.3, 0.4) is 0 Å². The topological polar surface area (TPSA) is 55.1 Å². The largest absolute Gasteiger partial charge is 0.349 e. The third-order valence-electron chi connectivity index (χ3n) is 2.04. The molecule has 19 heavy (non-hydrogen) atoms. The van der Waals surface area contributed by atoms with Crippen molar-refractivity contribution in [1.29, 1.82) is 0 Å². The van der Waals surface area contributed by atoms with Gasteiger partial charge in [-0.1, -0.05) is 23.7 Å². The Morgan fingerprint density at radius 2 is 2.05 bits per heavy atom. The van der Waals surface area contributed by atoms with Gasteiger partial charge in [0.1, 0.15) is 0 Å². The minimum atomic E-state index is -3.06. The number of thioether (sulfide) groups is 1. The Labute approximate surface area is 125 Å². The smallest absolute Gasteiger partial charge is 0.277 e. The maximum Gasteiger partial charge on any atom is 0.277 e. The van der Waals surface area contributed by atoms with Gasteiger partial charge in [0.25, 0.3) is 5.92 Å². The van der Waals surface area contributed by atoms with Gasteiger partial charge in [0, 0.05) is 4.90 Å². The van der Waals surface area contributed by atoms with Crippen molar-refractivity contribution in [3.63, 3.8) is 0 Å². The fraction of sp³-hybridized carbons (Fsp3) is 0.364. The highest BCUT2D eigenvalue weighted by Gasteiger charge is 2.27. The molecule has 8 heteroatoms. The number of nitrogens with one attached hydrogen (secondary N) is 1. The first-order valence-electron chi connectivity index (χ1n) is 5.16. The molecule has 0 aliphatic heterocycles. The molecular formula is C11H14Cl2F2N2OS. The summed E-state index contributed by atoms with van der Waals surface area (Å²) in [5.74, 6) is -3.51. The Balaban J connectivity index is 0.00000324. The van der Waals surface area contributed by atoms with Crippen molar-refractivity contribution in [2.24, 2.45) is 5.73 Å². The van der Waals surface area contributed by atoms with E-state index >= 15 is 0 Å². The van der Waals surface area contributed by atoms with E-state index in [0.717, 1.165) is 4.90 Å². The fourth-order valence-electron chi connectivity index (χ4n) is 1.06. The lowest BCUT2D eigenvalue weighted by molar-refractivity contribution is -0.120. The van der Waals surface area contributed by atoms with E-state index in [1.165, 1.54) is 11.8 Å². The molecule has 0 aliphatic carbocycles. The van der Waals surface area contributed by atoms with Crippen LogP contribution in [0.15, 0.2) is 29.2 Å². The number of benzene rings is 1.